The minimum absolute atomic E-state index is 0.0904. The fourth-order valence-corrected chi connectivity index (χ4v) is 5.28. The number of hydrogen-bond acceptors (Lipinski definition) is 5. The maximum atomic E-state index is 12.8. The first-order valence-electron chi connectivity index (χ1n) is 8.04. The molecule has 1 saturated carbocycles. The zero-order valence-electron chi connectivity index (χ0n) is 13.1. The molecule has 9 heteroatoms. The molecule has 5 nitrogen and oxygen atoms in total. The van der Waals surface area contributed by atoms with E-state index in [-0.39, 0.29) is 46.4 Å². The molecule has 0 N–H and O–H groups in total. The summed E-state index contributed by atoms with van der Waals surface area (Å²) in [6.45, 7) is 0. The number of rotatable bonds is 2. The molecule has 2 fully saturated rings. The summed E-state index contributed by atoms with van der Waals surface area (Å²) in [5, 5.41) is 0.202. The molecule has 134 valence electrons. The van der Waals surface area contributed by atoms with Crippen molar-refractivity contribution in [3.8, 4) is 5.75 Å². The van der Waals surface area contributed by atoms with Crippen molar-refractivity contribution in [1.82, 2.24) is 4.98 Å². The maximum Gasteiger partial charge on any atom is 0.573 e. The van der Waals surface area contributed by atoms with Crippen molar-refractivity contribution in [3.05, 3.63) is 30.4 Å². The third-order valence-electron chi connectivity index (χ3n) is 5.24. The van der Waals surface area contributed by atoms with Crippen LogP contribution in [0.15, 0.2) is 30.4 Å². The second-order valence-corrected chi connectivity index (χ2v) is 7.69. The molecule has 5 rings (SSSR count). The highest BCUT2D eigenvalue weighted by Gasteiger charge is 2.60. The summed E-state index contributed by atoms with van der Waals surface area (Å²) in [6, 6.07) is 3.75. The number of hydrogen-bond donors (Lipinski definition) is 0. The molecule has 2 heterocycles. The van der Waals surface area contributed by atoms with Gasteiger partial charge in [-0.05, 0) is 30.4 Å². The summed E-state index contributed by atoms with van der Waals surface area (Å²) in [5.74, 6) is -1.38. The first-order chi connectivity index (χ1) is 12.3. The van der Waals surface area contributed by atoms with Gasteiger partial charge >= 0.3 is 6.36 Å². The third-order valence-corrected chi connectivity index (χ3v) is 6.25. The van der Waals surface area contributed by atoms with Crippen molar-refractivity contribution in [3.63, 3.8) is 0 Å². The Bertz CT molecular complexity index is 953. The molecular formula is C17H11F3N2O3S. The summed E-state index contributed by atoms with van der Waals surface area (Å²) >= 11 is 1.01. The lowest BCUT2D eigenvalue weighted by Crippen LogP contribution is -2.32. The second kappa shape index (κ2) is 5.06. The zero-order valence-corrected chi connectivity index (χ0v) is 13.9. The standard InChI is InChI=1S/C17H11F3N2O3S/c18-17(19,20)25-9-3-4-10-11(6-9)26-16(21-10)22-14(23)12-7-1-2-8(5-7)13(12)15(22)24/h1-4,6-8,12-13H,5H2/t7?,8?,12-,13+. The summed E-state index contributed by atoms with van der Waals surface area (Å²) in [7, 11) is 0. The average Bonchev–Trinajstić information content (AvgIpc) is 3.28. The van der Waals surface area contributed by atoms with Gasteiger partial charge in [0.1, 0.15) is 5.75 Å². The molecule has 4 atom stereocenters. The lowest BCUT2D eigenvalue weighted by Gasteiger charge is -2.14. The number of ether oxygens (including phenoxy) is 1. The van der Waals surface area contributed by atoms with E-state index in [9.17, 15) is 22.8 Å². The number of benzene rings is 1. The van der Waals surface area contributed by atoms with Gasteiger partial charge in [-0.3, -0.25) is 9.59 Å². The molecule has 0 radical (unpaired) electrons. The van der Waals surface area contributed by atoms with Gasteiger partial charge in [0.15, 0.2) is 5.13 Å². The smallest absolute Gasteiger partial charge is 0.406 e. The SMILES string of the molecule is O=C1[C@@H]2C3C=CC(C3)[C@@H]2C(=O)N1c1nc2ccc(OC(F)(F)F)cc2s1. The fourth-order valence-electron chi connectivity index (χ4n) is 4.28. The second-order valence-electron chi connectivity index (χ2n) is 6.69. The first kappa shape index (κ1) is 15.8. The average molecular weight is 380 g/mol. The van der Waals surface area contributed by atoms with Gasteiger partial charge in [-0.1, -0.05) is 23.5 Å². The van der Waals surface area contributed by atoms with E-state index in [2.05, 4.69) is 9.72 Å². The van der Waals surface area contributed by atoms with Crippen LogP contribution in [-0.4, -0.2) is 23.2 Å². The van der Waals surface area contributed by atoms with E-state index in [1.807, 2.05) is 12.2 Å². The number of halogens is 3. The van der Waals surface area contributed by atoms with Crippen LogP contribution in [0.1, 0.15) is 6.42 Å². The van der Waals surface area contributed by atoms with Gasteiger partial charge in [-0.25, -0.2) is 9.88 Å². The lowest BCUT2D eigenvalue weighted by atomic mass is 9.85. The largest absolute Gasteiger partial charge is 0.573 e. The third kappa shape index (κ3) is 2.19. The Morgan fingerprint density at radius 2 is 1.77 bits per heavy atom. The molecule has 3 aliphatic rings. The Kier molecular flexibility index (Phi) is 3.08. The molecule has 2 aliphatic carbocycles. The van der Waals surface area contributed by atoms with Crippen LogP contribution < -0.4 is 9.64 Å². The molecule has 2 amide bonds. The van der Waals surface area contributed by atoms with Crippen LogP contribution in [0.25, 0.3) is 10.2 Å². The van der Waals surface area contributed by atoms with Gasteiger partial charge in [-0.15, -0.1) is 13.2 Å². The highest BCUT2D eigenvalue weighted by atomic mass is 32.1. The Morgan fingerprint density at radius 3 is 2.38 bits per heavy atom. The molecule has 1 aliphatic heterocycles. The number of imide groups is 1. The normalized spacial score (nSPS) is 29.9. The monoisotopic (exact) mass is 380 g/mol. The van der Waals surface area contributed by atoms with E-state index >= 15 is 0 Å². The summed E-state index contributed by atoms with van der Waals surface area (Å²) < 4.78 is 41.4. The number of nitrogens with zero attached hydrogens (tertiary/aromatic N) is 2. The van der Waals surface area contributed by atoms with Gasteiger partial charge in [-0.2, -0.15) is 0 Å². The van der Waals surface area contributed by atoms with Crippen LogP contribution in [0.3, 0.4) is 0 Å². The Balaban J connectivity index is 1.50. The van der Waals surface area contributed by atoms with Crippen molar-refractivity contribution in [2.75, 3.05) is 4.90 Å². The molecular weight excluding hydrogens is 369 g/mol. The number of carbonyl (C=O) groups is 2. The predicted molar refractivity (Wildman–Crippen MR) is 86.5 cm³/mol. The number of carbonyl (C=O) groups excluding carboxylic acids is 2. The fraction of sp³-hybridized carbons (Fsp3) is 0.353. The van der Waals surface area contributed by atoms with E-state index < -0.39 is 6.36 Å². The lowest BCUT2D eigenvalue weighted by molar-refractivity contribution is -0.274. The van der Waals surface area contributed by atoms with E-state index in [1.54, 1.807) is 0 Å². The number of thiazole rings is 1. The number of aromatic nitrogens is 1. The molecule has 2 unspecified atom stereocenters. The Morgan fingerprint density at radius 1 is 1.12 bits per heavy atom. The molecule has 2 bridgehead atoms. The first-order valence-corrected chi connectivity index (χ1v) is 8.86. The van der Waals surface area contributed by atoms with E-state index in [0.717, 1.165) is 28.7 Å². The minimum atomic E-state index is -4.79. The summed E-state index contributed by atoms with van der Waals surface area (Å²) in [6.07, 6.45) is 0.0453. The number of fused-ring (bicyclic) bond motifs is 6. The van der Waals surface area contributed by atoms with Crippen molar-refractivity contribution < 1.29 is 27.5 Å². The minimum Gasteiger partial charge on any atom is -0.406 e. The van der Waals surface area contributed by atoms with Gasteiger partial charge in [0, 0.05) is 6.07 Å². The van der Waals surface area contributed by atoms with Crippen molar-refractivity contribution in [1.29, 1.82) is 0 Å². The zero-order chi connectivity index (χ0) is 18.2. The Labute approximate surface area is 149 Å². The van der Waals surface area contributed by atoms with Crippen LogP contribution >= 0.6 is 11.3 Å². The highest BCUT2D eigenvalue weighted by molar-refractivity contribution is 7.22. The number of allylic oxidation sites excluding steroid dienone is 2. The topological polar surface area (TPSA) is 59.5 Å². The highest BCUT2D eigenvalue weighted by Crippen LogP contribution is 2.53. The van der Waals surface area contributed by atoms with E-state index in [4.69, 9.17) is 0 Å². The van der Waals surface area contributed by atoms with Crippen LogP contribution in [0.2, 0.25) is 0 Å². The molecule has 2 aromatic rings. The van der Waals surface area contributed by atoms with Gasteiger partial charge < -0.3 is 4.74 Å². The van der Waals surface area contributed by atoms with Crippen molar-refractivity contribution >= 4 is 38.5 Å². The van der Waals surface area contributed by atoms with Crippen LogP contribution in [-0.2, 0) is 9.59 Å². The number of alkyl halides is 3. The van der Waals surface area contributed by atoms with Crippen LogP contribution in [0.5, 0.6) is 5.75 Å². The van der Waals surface area contributed by atoms with Gasteiger partial charge in [0.25, 0.3) is 0 Å². The van der Waals surface area contributed by atoms with E-state index in [1.165, 1.54) is 12.1 Å². The summed E-state index contributed by atoms with van der Waals surface area (Å²) in [5.41, 5.74) is 0.415. The van der Waals surface area contributed by atoms with E-state index in [0.29, 0.717) is 10.2 Å². The van der Waals surface area contributed by atoms with Crippen LogP contribution in [0.4, 0.5) is 18.3 Å². The maximum absolute atomic E-state index is 12.8. The van der Waals surface area contributed by atoms with Crippen LogP contribution in [0, 0.1) is 23.7 Å². The molecule has 26 heavy (non-hydrogen) atoms. The van der Waals surface area contributed by atoms with Gasteiger partial charge in [0.2, 0.25) is 11.8 Å². The number of amides is 2. The molecule has 1 aromatic carbocycles. The predicted octanol–water partition coefficient (Wildman–Crippen LogP) is 3.51. The van der Waals surface area contributed by atoms with Crippen molar-refractivity contribution in [2.45, 2.75) is 12.8 Å². The molecule has 1 aromatic heterocycles. The van der Waals surface area contributed by atoms with Crippen molar-refractivity contribution in [2.24, 2.45) is 23.7 Å². The molecule has 0 spiro atoms. The summed E-state index contributed by atoms with van der Waals surface area (Å²) in [4.78, 5) is 31.0. The number of anilines is 1. The quantitative estimate of drug-likeness (QED) is 0.591. The van der Waals surface area contributed by atoms with Gasteiger partial charge in [0.05, 0.1) is 22.1 Å². The Hall–Kier alpha value is -2.42. The molecule has 1 saturated heterocycles.